The van der Waals surface area contributed by atoms with Crippen molar-refractivity contribution in [1.29, 1.82) is 0 Å². The summed E-state index contributed by atoms with van der Waals surface area (Å²) in [6.07, 6.45) is 11.8. The number of carbonyl (C=O) groups excluding carboxylic acids is 1. The summed E-state index contributed by atoms with van der Waals surface area (Å²) >= 11 is 0. The van der Waals surface area contributed by atoms with Crippen LogP contribution in [0.2, 0.25) is 0 Å². The number of halogens is 1. The molecule has 0 spiro atoms. The molecule has 4 nitrogen and oxygen atoms in total. The number of carbonyl (C=O) groups is 1. The summed E-state index contributed by atoms with van der Waals surface area (Å²) in [4.78, 5) is 12.0. The maximum atomic E-state index is 12.0. The van der Waals surface area contributed by atoms with Crippen LogP contribution in [0.5, 0.6) is 0 Å². The van der Waals surface area contributed by atoms with Gasteiger partial charge in [0.2, 0.25) is 5.91 Å². The SMILES string of the molecule is Cl.NC1CCCC(C(=O)NCCCOC2CCCCC2)C1. The highest BCUT2D eigenvalue weighted by Gasteiger charge is 2.24. The van der Waals surface area contributed by atoms with Crippen molar-refractivity contribution in [1.82, 2.24) is 5.32 Å². The Morgan fingerprint density at radius 2 is 1.86 bits per heavy atom. The fraction of sp³-hybridized carbons (Fsp3) is 0.938. The maximum absolute atomic E-state index is 12.0. The number of rotatable bonds is 6. The third kappa shape index (κ3) is 6.98. The van der Waals surface area contributed by atoms with Crippen LogP contribution >= 0.6 is 12.4 Å². The number of ether oxygens (including phenoxy) is 1. The number of amides is 1. The van der Waals surface area contributed by atoms with Gasteiger partial charge < -0.3 is 15.8 Å². The molecule has 3 N–H and O–H groups in total. The minimum Gasteiger partial charge on any atom is -0.378 e. The van der Waals surface area contributed by atoms with Gasteiger partial charge in [0, 0.05) is 25.1 Å². The van der Waals surface area contributed by atoms with E-state index in [9.17, 15) is 4.79 Å². The smallest absolute Gasteiger partial charge is 0.223 e. The third-order valence-corrected chi connectivity index (χ3v) is 4.61. The maximum Gasteiger partial charge on any atom is 0.223 e. The number of hydrogen-bond acceptors (Lipinski definition) is 3. The minimum atomic E-state index is 0. The first-order chi connectivity index (χ1) is 9.75. The average molecular weight is 319 g/mol. The lowest BCUT2D eigenvalue weighted by atomic mass is 9.85. The van der Waals surface area contributed by atoms with Gasteiger partial charge in [0.1, 0.15) is 0 Å². The number of nitrogens with two attached hydrogens (primary N) is 1. The lowest BCUT2D eigenvalue weighted by molar-refractivity contribution is -0.126. The van der Waals surface area contributed by atoms with Gasteiger partial charge in [-0.15, -0.1) is 12.4 Å². The van der Waals surface area contributed by atoms with Gasteiger partial charge >= 0.3 is 0 Å². The Bertz CT molecular complexity index is 296. The molecule has 0 aliphatic heterocycles. The van der Waals surface area contributed by atoms with Crippen molar-refractivity contribution in [2.45, 2.75) is 76.4 Å². The first-order valence-corrected chi connectivity index (χ1v) is 8.40. The van der Waals surface area contributed by atoms with Crippen LogP contribution in [0, 0.1) is 5.92 Å². The molecule has 2 rings (SSSR count). The van der Waals surface area contributed by atoms with E-state index in [-0.39, 0.29) is 30.3 Å². The summed E-state index contributed by atoms with van der Waals surface area (Å²) in [5, 5.41) is 3.04. The standard InChI is InChI=1S/C16H30N2O2.ClH/c17-14-7-4-6-13(12-14)16(19)18-10-5-11-20-15-8-2-1-3-9-15;/h13-15H,1-12,17H2,(H,18,19);1H. The summed E-state index contributed by atoms with van der Waals surface area (Å²) in [6, 6.07) is 0.217. The average Bonchev–Trinajstić information content (AvgIpc) is 2.48. The number of nitrogens with one attached hydrogen (secondary N) is 1. The van der Waals surface area contributed by atoms with E-state index in [1.165, 1.54) is 32.1 Å². The van der Waals surface area contributed by atoms with E-state index in [0.29, 0.717) is 6.10 Å². The summed E-state index contributed by atoms with van der Waals surface area (Å²) in [5.41, 5.74) is 5.92. The van der Waals surface area contributed by atoms with E-state index < -0.39 is 0 Å². The lowest BCUT2D eigenvalue weighted by Crippen LogP contribution is -2.38. The second kappa shape index (κ2) is 10.4. The first kappa shape index (κ1) is 18.7. The third-order valence-electron chi connectivity index (χ3n) is 4.61. The van der Waals surface area contributed by atoms with Gasteiger partial charge in [-0.2, -0.15) is 0 Å². The van der Waals surface area contributed by atoms with Gasteiger partial charge in [0.25, 0.3) is 0 Å². The van der Waals surface area contributed by atoms with Crippen molar-refractivity contribution < 1.29 is 9.53 Å². The van der Waals surface area contributed by atoms with Crippen molar-refractivity contribution in [3.05, 3.63) is 0 Å². The van der Waals surface area contributed by atoms with Crippen LogP contribution < -0.4 is 11.1 Å². The Morgan fingerprint density at radius 1 is 1.10 bits per heavy atom. The van der Waals surface area contributed by atoms with Crippen molar-refractivity contribution >= 4 is 18.3 Å². The van der Waals surface area contributed by atoms with Crippen LogP contribution in [-0.2, 0) is 9.53 Å². The minimum absolute atomic E-state index is 0. The second-order valence-electron chi connectivity index (χ2n) is 6.40. The van der Waals surface area contributed by atoms with E-state index in [4.69, 9.17) is 10.5 Å². The molecule has 2 atom stereocenters. The van der Waals surface area contributed by atoms with Crippen molar-refractivity contribution in [2.75, 3.05) is 13.2 Å². The molecular formula is C16H31ClN2O2. The molecule has 5 heteroatoms. The molecule has 2 unspecified atom stereocenters. The van der Waals surface area contributed by atoms with Crippen molar-refractivity contribution in [3.8, 4) is 0 Å². The summed E-state index contributed by atoms with van der Waals surface area (Å²) < 4.78 is 5.86. The largest absolute Gasteiger partial charge is 0.378 e. The molecule has 1 amide bonds. The molecule has 0 heterocycles. The Kier molecular flexibility index (Phi) is 9.29. The highest BCUT2D eigenvalue weighted by Crippen LogP contribution is 2.23. The van der Waals surface area contributed by atoms with E-state index in [1.54, 1.807) is 0 Å². The Hall–Kier alpha value is -0.320. The van der Waals surface area contributed by atoms with Crippen LogP contribution in [0.15, 0.2) is 0 Å². The zero-order chi connectivity index (χ0) is 14.2. The fourth-order valence-electron chi connectivity index (χ4n) is 3.38. The zero-order valence-corrected chi connectivity index (χ0v) is 13.8. The quantitative estimate of drug-likeness (QED) is 0.740. The molecule has 0 radical (unpaired) electrons. The molecule has 0 saturated heterocycles. The van der Waals surface area contributed by atoms with E-state index in [0.717, 1.165) is 45.3 Å². The van der Waals surface area contributed by atoms with Gasteiger partial charge in [-0.25, -0.2) is 0 Å². The van der Waals surface area contributed by atoms with Crippen LogP contribution in [0.25, 0.3) is 0 Å². The summed E-state index contributed by atoms with van der Waals surface area (Å²) in [5.74, 6) is 0.329. The van der Waals surface area contributed by atoms with Crippen molar-refractivity contribution in [2.24, 2.45) is 11.7 Å². The van der Waals surface area contributed by atoms with Crippen LogP contribution in [0.1, 0.15) is 64.2 Å². The Labute approximate surface area is 135 Å². The van der Waals surface area contributed by atoms with Gasteiger partial charge in [-0.3, -0.25) is 4.79 Å². The molecule has 21 heavy (non-hydrogen) atoms. The van der Waals surface area contributed by atoms with Gasteiger partial charge in [0.15, 0.2) is 0 Å². The lowest BCUT2D eigenvalue weighted by Gasteiger charge is -2.25. The zero-order valence-electron chi connectivity index (χ0n) is 13.0. The molecule has 0 aromatic heterocycles. The van der Waals surface area contributed by atoms with E-state index >= 15 is 0 Å². The van der Waals surface area contributed by atoms with Crippen molar-refractivity contribution in [3.63, 3.8) is 0 Å². The Balaban J connectivity index is 0.00000220. The molecule has 124 valence electrons. The fourth-order valence-corrected chi connectivity index (χ4v) is 3.38. The molecule has 0 aromatic rings. The number of hydrogen-bond donors (Lipinski definition) is 2. The summed E-state index contributed by atoms with van der Waals surface area (Å²) in [7, 11) is 0. The molecule has 2 fully saturated rings. The molecule has 0 aromatic carbocycles. The molecule has 2 aliphatic rings. The summed E-state index contributed by atoms with van der Waals surface area (Å²) in [6.45, 7) is 1.51. The topological polar surface area (TPSA) is 64.4 Å². The highest BCUT2D eigenvalue weighted by molar-refractivity contribution is 5.85. The molecule has 2 aliphatic carbocycles. The van der Waals surface area contributed by atoms with Gasteiger partial charge in [-0.05, 0) is 38.5 Å². The molecular weight excluding hydrogens is 288 g/mol. The Morgan fingerprint density at radius 3 is 2.57 bits per heavy atom. The van der Waals surface area contributed by atoms with Gasteiger partial charge in [0.05, 0.1) is 6.10 Å². The van der Waals surface area contributed by atoms with E-state index in [1.807, 2.05) is 0 Å². The van der Waals surface area contributed by atoms with Gasteiger partial charge in [-0.1, -0.05) is 25.7 Å². The molecule has 2 saturated carbocycles. The van der Waals surface area contributed by atoms with Crippen LogP contribution in [-0.4, -0.2) is 31.2 Å². The van der Waals surface area contributed by atoms with Crippen LogP contribution in [0.3, 0.4) is 0 Å². The predicted molar refractivity (Wildman–Crippen MR) is 87.6 cm³/mol. The second-order valence-corrected chi connectivity index (χ2v) is 6.40. The molecule has 0 bridgehead atoms. The van der Waals surface area contributed by atoms with E-state index in [2.05, 4.69) is 5.32 Å². The highest BCUT2D eigenvalue weighted by atomic mass is 35.5. The normalized spacial score (nSPS) is 26.9. The van der Waals surface area contributed by atoms with Crippen LogP contribution in [0.4, 0.5) is 0 Å². The first-order valence-electron chi connectivity index (χ1n) is 8.40. The predicted octanol–water partition coefficient (Wildman–Crippen LogP) is 2.78. The monoisotopic (exact) mass is 318 g/mol.